The first kappa shape index (κ1) is 14.5. The fraction of sp³-hybridized carbons (Fsp3) is 0.0667. The van der Waals surface area contributed by atoms with Gasteiger partial charge in [0, 0.05) is 6.08 Å². The van der Waals surface area contributed by atoms with Gasteiger partial charge in [-0.25, -0.2) is 9.18 Å². The van der Waals surface area contributed by atoms with Crippen molar-refractivity contribution < 1.29 is 23.5 Å². The molecule has 2 N–H and O–H groups in total. The zero-order chi connectivity index (χ0) is 15.4. The van der Waals surface area contributed by atoms with Gasteiger partial charge >= 0.3 is 5.97 Å². The summed E-state index contributed by atoms with van der Waals surface area (Å²) in [4.78, 5) is 22.7. The van der Waals surface area contributed by atoms with Crippen LogP contribution < -0.4 is 5.32 Å². The number of aryl methyl sites for hydroxylation is 1. The summed E-state index contributed by atoms with van der Waals surface area (Å²) in [6.45, 7) is 1.77. The first-order valence-corrected chi connectivity index (χ1v) is 6.04. The number of carbonyl (C=O) groups excluding carboxylic acids is 1. The van der Waals surface area contributed by atoms with Crippen LogP contribution in [0.4, 0.5) is 10.1 Å². The van der Waals surface area contributed by atoms with Crippen molar-refractivity contribution in [3.8, 4) is 0 Å². The number of benzene rings is 1. The molecular weight excluding hydrogens is 277 g/mol. The lowest BCUT2D eigenvalue weighted by molar-refractivity contribution is -0.111. The molecule has 0 aliphatic carbocycles. The van der Waals surface area contributed by atoms with Gasteiger partial charge in [-0.1, -0.05) is 0 Å². The second-order valence-electron chi connectivity index (χ2n) is 4.27. The molecule has 108 valence electrons. The highest BCUT2D eigenvalue weighted by atomic mass is 19.1. The summed E-state index contributed by atoms with van der Waals surface area (Å²) in [6, 6.07) is 6.48. The fourth-order valence-corrected chi connectivity index (χ4v) is 1.68. The van der Waals surface area contributed by atoms with Crippen molar-refractivity contribution in [3.05, 3.63) is 59.3 Å². The zero-order valence-corrected chi connectivity index (χ0v) is 11.1. The highest BCUT2D eigenvalue weighted by Crippen LogP contribution is 2.17. The minimum atomic E-state index is -1.25. The zero-order valence-electron chi connectivity index (χ0n) is 11.1. The molecule has 6 heteroatoms. The van der Waals surface area contributed by atoms with E-state index in [1.165, 1.54) is 12.2 Å². The Morgan fingerprint density at radius 2 is 2.05 bits per heavy atom. The monoisotopic (exact) mass is 289 g/mol. The highest BCUT2D eigenvalue weighted by Gasteiger charge is 2.12. The molecule has 0 atom stereocenters. The molecule has 1 amide bonds. The summed E-state index contributed by atoms with van der Waals surface area (Å²) in [6.07, 6.45) is 2.61. The third-order valence-corrected chi connectivity index (χ3v) is 2.63. The van der Waals surface area contributed by atoms with E-state index < -0.39 is 17.7 Å². The Bertz CT molecular complexity index is 718. The first-order chi connectivity index (χ1) is 9.95. The third kappa shape index (κ3) is 3.79. The quantitative estimate of drug-likeness (QED) is 0.848. The molecule has 0 fully saturated rings. The average Bonchev–Trinajstić information content (AvgIpc) is 2.82. The van der Waals surface area contributed by atoms with E-state index in [0.717, 1.165) is 18.2 Å². The molecule has 2 rings (SSSR count). The fourth-order valence-electron chi connectivity index (χ4n) is 1.68. The van der Waals surface area contributed by atoms with Gasteiger partial charge in [-0.05, 0) is 43.3 Å². The SMILES string of the molecule is Cc1ccc(/C=C/C(=O)Nc2cc(F)ccc2C(=O)O)o1. The van der Waals surface area contributed by atoms with Crippen LogP contribution in [-0.2, 0) is 4.79 Å². The molecule has 0 aliphatic rings. The van der Waals surface area contributed by atoms with E-state index in [1.807, 2.05) is 0 Å². The summed E-state index contributed by atoms with van der Waals surface area (Å²) >= 11 is 0. The topological polar surface area (TPSA) is 79.5 Å². The van der Waals surface area contributed by atoms with Gasteiger partial charge < -0.3 is 14.8 Å². The van der Waals surface area contributed by atoms with E-state index in [4.69, 9.17) is 9.52 Å². The maximum atomic E-state index is 13.1. The number of rotatable bonds is 4. The molecule has 0 unspecified atom stereocenters. The van der Waals surface area contributed by atoms with Gasteiger partial charge in [0.1, 0.15) is 17.3 Å². The number of furan rings is 1. The number of hydrogen-bond donors (Lipinski definition) is 2. The molecule has 21 heavy (non-hydrogen) atoms. The normalized spacial score (nSPS) is 10.8. The van der Waals surface area contributed by atoms with Crippen LogP contribution >= 0.6 is 0 Å². The smallest absolute Gasteiger partial charge is 0.337 e. The standard InChI is InChI=1S/C15H12FNO4/c1-9-2-4-11(21-9)5-7-14(18)17-13-8-10(16)3-6-12(13)15(19)20/h2-8H,1H3,(H,17,18)(H,19,20)/b7-5+. The molecule has 2 aromatic rings. The third-order valence-electron chi connectivity index (χ3n) is 2.63. The number of halogens is 1. The maximum absolute atomic E-state index is 13.1. The summed E-state index contributed by atoms with van der Waals surface area (Å²) in [5.74, 6) is -1.29. The highest BCUT2D eigenvalue weighted by molar-refractivity contribution is 6.05. The summed E-state index contributed by atoms with van der Waals surface area (Å²) in [5, 5.41) is 11.3. The number of anilines is 1. The van der Waals surface area contributed by atoms with Crippen LogP contribution in [0.1, 0.15) is 21.9 Å². The number of carboxylic acids is 1. The van der Waals surface area contributed by atoms with Crippen molar-refractivity contribution in [2.75, 3.05) is 5.32 Å². The van der Waals surface area contributed by atoms with Crippen LogP contribution in [0.15, 0.2) is 40.8 Å². The average molecular weight is 289 g/mol. The second kappa shape index (κ2) is 6.04. The molecule has 0 spiro atoms. The molecule has 1 aromatic carbocycles. The molecular formula is C15H12FNO4. The van der Waals surface area contributed by atoms with Gasteiger partial charge in [0.15, 0.2) is 0 Å². The largest absolute Gasteiger partial charge is 0.478 e. The molecule has 0 aliphatic heterocycles. The van der Waals surface area contributed by atoms with Crippen molar-refractivity contribution in [2.45, 2.75) is 6.92 Å². The second-order valence-corrected chi connectivity index (χ2v) is 4.27. The van der Waals surface area contributed by atoms with Gasteiger partial charge in [0.25, 0.3) is 0 Å². The number of carboxylic acid groups (broad SMARTS) is 1. The van der Waals surface area contributed by atoms with Crippen molar-refractivity contribution in [2.24, 2.45) is 0 Å². The van der Waals surface area contributed by atoms with Crippen LogP contribution in [-0.4, -0.2) is 17.0 Å². The predicted molar refractivity (Wildman–Crippen MR) is 74.5 cm³/mol. The minimum absolute atomic E-state index is 0.104. The Kier molecular flexibility index (Phi) is 4.18. The van der Waals surface area contributed by atoms with Gasteiger partial charge in [-0.3, -0.25) is 4.79 Å². The molecule has 0 saturated carbocycles. The Labute approximate surface area is 119 Å². The van der Waals surface area contributed by atoms with E-state index in [-0.39, 0.29) is 11.3 Å². The van der Waals surface area contributed by atoms with Gasteiger partial charge in [-0.15, -0.1) is 0 Å². The molecule has 1 heterocycles. The number of amides is 1. The first-order valence-electron chi connectivity index (χ1n) is 6.04. The lowest BCUT2D eigenvalue weighted by Gasteiger charge is -2.06. The van der Waals surface area contributed by atoms with Crippen LogP contribution in [0, 0.1) is 12.7 Å². The molecule has 0 bridgehead atoms. The van der Waals surface area contributed by atoms with E-state index >= 15 is 0 Å². The van der Waals surface area contributed by atoms with Crippen LogP contribution in [0.3, 0.4) is 0 Å². The van der Waals surface area contributed by atoms with Gasteiger partial charge in [0.2, 0.25) is 5.91 Å². The lowest BCUT2D eigenvalue weighted by Crippen LogP contribution is -2.12. The summed E-state index contributed by atoms with van der Waals surface area (Å²) < 4.78 is 18.4. The van der Waals surface area contributed by atoms with E-state index in [1.54, 1.807) is 19.1 Å². The van der Waals surface area contributed by atoms with Crippen molar-refractivity contribution in [3.63, 3.8) is 0 Å². The minimum Gasteiger partial charge on any atom is -0.478 e. The number of hydrogen-bond acceptors (Lipinski definition) is 3. The number of nitrogens with one attached hydrogen (secondary N) is 1. The van der Waals surface area contributed by atoms with E-state index in [0.29, 0.717) is 11.5 Å². The van der Waals surface area contributed by atoms with Crippen molar-refractivity contribution in [1.82, 2.24) is 0 Å². The Hall–Kier alpha value is -2.89. The Morgan fingerprint density at radius 1 is 1.29 bits per heavy atom. The predicted octanol–water partition coefficient (Wildman–Crippen LogP) is 3.08. The van der Waals surface area contributed by atoms with Crippen molar-refractivity contribution in [1.29, 1.82) is 0 Å². The molecule has 0 radical (unpaired) electrons. The molecule has 5 nitrogen and oxygen atoms in total. The summed E-state index contributed by atoms with van der Waals surface area (Å²) in [5.41, 5.74) is -0.292. The van der Waals surface area contributed by atoms with Crippen LogP contribution in [0.25, 0.3) is 6.08 Å². The van der Waals surface area contributed by atoms with Gasteiger partial charge in [-0.2, -0.15) is 0 Å². The number of carbonyl (C=O) groups is 2. The Morgan fingerprint density at radius 3 is 2.67 bits per heavy atom. The number of aromatic carboxylic acids is 1. The lowest BCUT2D eigenvalue weighted by atomic mass is 10.1. The van der Waals surface area contributed by atoms with E-state index in [2.05, 4.69) is 5.32 Å². The van der Waals surface area contributed by atoms with Crippen LogP contribution in [0.2, 0.25) is 0 Å². The van der Waals surface area contributed by atoms with Crippen LogP contribution in [0.5, 0.6) is 0 Å². The molecule has 1 aromatic heterocycles. The summed E-state index contributed by atoms with van der Waals surface area (Å²) in [7, 11) is 0. The van der Waals surface area contributed by atoms with Crippen molar-refractivity contribution >= 4 is 23.6 Å². The maximum Gasteiger partial charge on any atom is 0.337 e. The van der Waals surface area contributed by atoms with E-state index in [9.17, 15) is 14.0 Å². The molecule has 0 saturated heterocycles. The van der Waals surface area contributed by atoms with Gasteiger partial charge in [0.05, 0.1) is 11.3 Å². The Balaban J connectivity index is 2.14.